The van der Waals surface area contributed by atoms with Crippen molar-refractivity contribution in [1.29, 1.82) is 0 Å². The molecule has 0 fully saturated rings. The van der Waals surface area contributed by atoms with Gasteiger partial charge in [0.25, 0.3) is 6.33 Å². The Balaban J connectivity index is 0.00000456. The van der Waals surface area contributed by atoms with Crippen molar-refractivity contribution in [3.8, 4) is 73.3 Å². The molecule has 0 unspecified atom stereocenters. The molecule has 1 aliphatic rings. The molecule has 11 aromatic rings. The van der Waals surface area contributed by atoms with Gasteiger partial charge < -0.3 is 9.30 Å². The molecule has 4 aromatic heterocycles. The zero-order valence-electron chi connectivity index (χ0n) is 35.3. The van der Waals surface area contributed by atoms with Gasteiger partial charge in [-0.25, -0.2) is 4.98 Å². The smallest absolute Gasteiger partial charge is 0.269 e. The molecule has 0 amide bonds. The van der Waals surface area contributed by atoms with Crippen LogP contribution in [-0.4, -0.2) is 19.1 Å². The third-order valence-electron chi connectivity index (χ3n) is 12.2. The molecule has 0 bridgehead atoms. The summed E-state index contributed by atoms with van der Waals surface area (Å²) in [4.78, 5) is 9.76. The zero-order chi connectivity index (χ0) is 42.2. The summed E-state index contributed by atoms with van der Waals surface area (Å²) in [5.41, 5.74) is 15.2. The van der Waals surface area contributed by atoms with Gasteiger partial charge in [-0.05, 0) is 84.8 Å². The number of fused-ring (bicyclic) bond motifs is 10. The molecule has 5 heterocycles. The maximum atomic E-state index is 6.65. The van der Waals surface area contributed by atoms with Crippen LogP contribution in [0.15, 0.2) is 182 Å². The molecular formula is C57H39N5OPt-2. The maximum Gasteiger partial charge on any atom is 0.269 e. The molecule has 7 heteroatoms. The molecule has 0 saturated carbocycles. The fourth-order valence-electron chi connectivity index (χ4n) is 9.28. The second-order valence-corrected chi connectivity index (χ2v) is 17.1. The second kappa shape index (κ2) is 15.4. The molecule has 310 valence electrons. The third kappa shape index (κ3) is 6.40. The van der Waals surface area contributed by atoms with Crippen LogP contribution >= 0.6 is 0 Å². The summed E-state index contributed by atoms with van der Waals surface area (Å²) in [5, 5.41) is 2.20. The molecular weight excluding hydrogens is 966 g/mol. The average Bonchev–Trinajstić information content (AvgIpc) is 3.88. The molecule has 0 saturated heterocycles. The molecule has 0 aliphatic carbocycles. The number of benzene rings is 7. The number of imidazole rings is 1. The van der Waals surface area contributed by atoms with Crippen molar-refractivity contribution in [2.24, 2.45) is 0 Å². The summed E-state index contributed by atoms with van der Waals surface area (Å²) >= 11 is 0. The summed E-state index contributed by atoms with van der Waals surface area (Å²) in [6, 6.07) is 66.8. The molecule has 0 atom stereocenters. The molecule has 12 rings (SSSR count). The number of rotatable bonds is 5. The average molecular weight is 1010 g/mol. The molecule has 0 radical (unpaired) electrons. The van der Waals surface area contributed by atoms with Gasteiger partial charge in [-0.3, -0.25) is 14.1 Å². The Kier molecular flexibility index (Phi) is 9.52. The number of nitrogens with zero attached hydrogens (tertiary/aromatic N) is 5. The van der Waals surface area contributed by atoms with Crippen LogP contribution in [-0.2, 0) is 26.5 Å². The molecule has 6 nitrogen and oxygen atoms in total. The number of ether oxygens (including phenoxy) is 1. The predicted molar refractivity (Wildman–Crippen MR) is 252 cm³/mol. The van der Waals surface area contributed by atoms with Gasteiger partial charge in [0.2, 0.25) is 0 Å². The molecule has 64 heavy (non-hydrogen) atoms. The molecule has 0 N–H and O–H groups in total. The van der Waals surface area contributed by atoms with Crippen LogP contribution in [0.1, 0.15) is 26.3 Å². The van der Waals surface area contributed by atoms with E-state index in [4.69, 9.17) is 14.7 Å². The van der Waals surface area contributed by atoms with Crippen molar-refractivity contribution in [3.63, 3.8) is 0 Å². The Bertz CT molecular complexity index is 3600. The minimum Gasteiger partial charge on any atom is -0.522 e. The molecule has 0 spiro atoms. The van der Waals surface area contributed by atoms with Crippen molar-refractivity contribution in [1.82, 2.24) is 19.1 Å². The van der Waals surface area contributed by atoms with E-state index in [2.05, 4.69) is 206 Å². The van der Waals surface area contributed by atoms with E-state index >= 15 is 0 Å². The van der Waals surface area contributed by atoms with Crippen LogP contribution in [0.5, 0.6) is 11.5 Å². The van der Waals surface area contributed by atoms with Gasteiger partial charge in [-0.2, -0.15) is 18.2 Å². The summed E-state index contributed by atoms with van der Waals surface area (Å²) in [6.07, 6.45) is 7.47. The van der Waals surface area contributed by atoms with Crippen molar-refractivity contribution >= 4 is 32.8 Å². The van der Waals surface area contributed by atoms with Crippen molar-refractivity contribution in [2.75, 3.05) is 0 Å². The van der Waals surface area contributed by atoms with E-state index in [1.54, 1.807) is 6.20 Å². The van der Waals surface area contributed by atoms with E-state index in [0.717, 1.165) is 77.7 Å². The fourth-order valence-corrected chi connectivity index (χ4v) is 9.28. The van der Waals surface area contributed by atoms with Gasteiger partial charge in [0.05, 0.1) is 22.5 Å². The quantitative estimate of drug-likeness (QED) is 0.127. The van der Waals surface area contributed by atoms with E-state index in [1.807, 2.05) is 22.9 Å². The number of hydrogen-bond acceptors (Lipinski definition) is 3. The number of pyridine rings is 2. The van der Waals surface area contributed by atoms with E-state index in [-0.39, 0.29) is 26.5 Å². The Hall–Kier alpha value is -7.40. The number of hydrogen-bond donors (Lipinski definition) is 0. The van der Waals surface area contributed by atoms with Crippen LogP contribution in [0.4, 0.5) is 0 Å². The molecule has 1 aliphatic heterocycles. The van der Waals surface area contributed by atoms with Gasteiger partial charge >= 0.3 is 0 Å². The first kappa shape index (κ1) is 39.4. The summed E-state index contributed by atoms with van der Waals surface area (Å²) in [5.74, 6) is 2.46. The zero-order valence-corrected chi connectivity index (χ0v) is 37.6. The SMILES string of the molecule is CC(C)(C)c1ccnc(-n2c3[c-]c(Oc4[c-]c(-n5[c-][n+]6c7c(cccc75)-c5ccccc5-c5ccccc5-c5cccc(-c7ccccc7)c5-6)ncc4)ccc3c3ccccc32)c1.[Pt]. The summed E-state index contributed by atoms with van der Waals surface area (Å²) in [7, 11) is 0. The minimum atomic E-state index is -0.0361. The number of aromatic nitrogens is 5. The Morgan fingerprint density at radius 3 is 1.92 bits per heavy atom. The fraction of sp³-hybridized carbons (Fsp3) is 0.0702. The Morgan fingerprint density at radius 2 is 1.14 bits per heavy atom. The predicted octanol–water partition coefficient (Wildman–Crippen LogP) is 13.3. The largest absolute Gasteiger partial charge is 0.522 e. The van der Waals surface area contributed by atoms with Gasteiger partial charge in [0.1, 0.15) is 5.82 Å². The Labute approximate surface area is 386 Å². The topological polar surface area (TPSA) is 48.8 Å². The first-order valence-electron chi connectivity index (χ1n) is 21.2. The summed E-state index contributed by atoms with van der Waals surface area (Å²) < 4.78 is 13.1. The van der Waals surface area contributed by atoms with Crippen molar-refractivity contribution < 1.29 is 30.4 Å². The van der Waals surface area contributed by atoms with E-state index in [9.17, 15) is 0 Å². The van der Waals surface area contributed by atoms with E-state index in [0.29, 0.717) is 17.3 Å². The van der Waals surface area contributed by atoms with Gasteiger partial charge in [0.15, 0.2) is 0 Å². The van der Waals surface area contributed by atoms with Gasteiger partial charge in [0, 0.05) is 38.5 Å². The maximum absolute atomic E-state index is 6.65. The van der Waals surface area contributed by atoms with Gasteiger partial charge in [-0.1, -0.05) is 166 Å². The van der Waals surface area contributed by atoms with Crippen LogP contribution in [0, 0.1) is 18.5 Å². The first-order valence-corrected chi connectivity index (χ1v) is 21.2. The van der Waals surface area contributed by atoms with Crippen molar-refractivity contribution in [2.45, 2.75) is 26.2 Å². The van der Waals surface area contributed by atoms with Crippen LogP contribution in [0.3, 0.4) is 0 Å². The normalized spacial score (nSPS) is 11.9. The van der Waals surface area contributed by atoms with Crippen LogP contribution in [0.2, 0.25) is 0 Å². The number of para-hydroxylation sites is 3. The van der Waals surface area contributed by atoms with E-state index < -0.39 is 0 Å². The standard InChI is InChI=1S/C57H39N5O.Pt/c1-57(2,3)38-29-31-59-54(33-38)62-50-25-12-11-21-46(50)47-28-27-39(34-52(47)62)63-40-30-32-58-53(35-40)60-36-61-55-41(37-15-5-4-6-16-37)22-13-23-48(55)44-19-9-7-17-42(44)43-18-8-10-20-45(43)49-24-14-26-51(60)56(49)61;/h4-33H,1-3H3;/q-2;. The first-order chi connectivity index (χ1) is 30.9. The van der Waals surface area contributed by atoms with Crippen LogP contribution in [0.25, 0.3) is 94.7 Å². The second-order valence-electron chi connectivity index (χ2n) is 17.1. The third-order valence-corrected chi connectivity index (χ3v) is 12.2. The monoisotopic (exact) mass is 1000 g/mol. The Morgan fingerprint density at radius 1 is 0.531 bits per heavy atom. The van der Waals surface area contributed by atoms with Crippen LogP contribution < -0.4 is 9.30 Å². The summed E-state index contributed by atoms with van der Waals surface area (Å²) in [6.45, 7) is 6.66. The molecule has 7 aromatic carbocycles. The van der Waals surface area contributed by atoms with Crippen molar-refractivity contribution in [3.05, 3.63) is 206 Å². The van der Waals surface area contributed by atoms with E-state index in [1.165, 1.54) is 16.7 Å². The van der Waals surface area contributed by atoms with Gasteiger partial charge in [-0.15, -0.1) is 17.5 Å². The minimum absolute atomic E-state index is 0.